The highest BCUT2D eigenvalue weighted by molar-refractivity contribution is 5.73. The van der Waals surface area contributed by atoms with Crippen molar-refractivity contribution in [1.82, 2.24) is 4.98 Å². The second-order valence-electron chi connectivity index (χ2n) is 4.73. The van der Waals surface area contributed by atoms with Gasteiger partial charge in [-0.05, 0) is 30.7 Å². The first kappa shape index (κ1) is 13.9. The molecule has 102 valence electrons. The summed E-state index contributed by atoms with van der Waals surface area (Å²) in [6.07, 6.45) is 0. The highest BCUT2D eigenvalue weighted by atomic mass is 16.5. The van der Waals surface area contributed by atoms with Crippen LogP contribution in [-0.4, -0.2) is 26.2 Å². The topological polar surface area (TPSA) is 49.1 Å². The maximum Gasteiger partial charge on any atom is 0.146 e. The van der Waals surface area contributed by atoms with Crippen molar-refractivity contribution in [2.24, 2.45) is 0 Å². The van der Waals surface area contributed by atoms with Gasteiger partial charge in [0.15, 0.2) is 0 Å². The molecule has 0 aliphatic heterocycles. The highest BCUT2D eigenvalue weighted by Crippen LogP contribution is 2.32. The molecule has 4 nitrogen and oxygen atoms in total. The lowest BCUT2D eigenvalue weighted by Gasteiger charge is -2.17. The largest absolute Gasteiger partial charge is 0.496 e. The van der Waals surface area contributed by atoms with E-state index < -0.39 is 0 Å². The van der Waals surface area contributed by atoms with Crippen LogP contribution < -0.4 is 9.64 Å². The first-order chi connectivity index (χ1) is 9.58. The number of benzene rings is 1. The molecule has 0 radical (unpaired) electrons. The molecule has 0 fully saturated rings. The van der Waals surface area contributed by atoms with Crippen molar-refractivity contribution in [1.29, 1.82) is 5.26 Å². The fourth-order valence-electron chi connectivity index (χ4n) is 2.14. The standard InChI is InChI=1S/C16H17N3O/c1-11-9-12(10-17)16(19(2)3)18-15(11)13-7-5-6-8-14(13)20-4/h5-9H,1-4H3. The molecule has 0 unspecified atom stereocenters. The van der Waals surface area contributed by atoms with E-state index in [-0.39, 0.29) is 0 Å². The van der Waals surface area contributed by atoms with Crippen LogP contribution in [0.15, 0.2) is 30.3 Å². The molecular weight excluding hydrogens is 250 g/mol. The number of anilines is 1. The van der Waals surface area contributed by atoms with E-state index in [0.717, 1.165) is 22.6 Å². The van der Waals surface area contributed by atoms with E-state index >= 15 is 0 Å². The molecule has 0 bridgehead atoms. The molecule has 0 saturated carbocycles. The van der Waals surface area contributed by atoms with E-state index in [1.165, 1.54) is 0 Å². The maximum atomic E-state index is 9.21. The molecule has 0 aliphatic carbocycles. The Hall–Kier alpha value is -2.54. The Morgan fingerprint density at radius 1 is 1.25 bits per heavy atom. The summed E-state index contributed by atoms with van der Waals surface area (Å²) in [6.45, 7) is 1.95. The van der Waals surface area contributed by atoms with Crippen LogP contribution in [0.1, 0.15) is 11.1 Å². The molecule has 2 aromatic rings. The molecule has 0 N–H and O–H groups in total. The molecule has 1 aromatic heterocycles. The maximum absolute atomic E-state index is 9.21. The zero-order chi connectivity index (χ0) is 14.7. The molecule has 0 saturated heterocycles. The second-order valence-corrected chi connectivity index (χ2v) is 4.73. The second kappa shape index (κ2) is 5.62. The Kier molecular flexibility index (Phi) is 3.90. The van der Waals surface area contributed by atoms with Crippen molar-refractivity contribution in [2.75, 3.05) is 26.1 Å². The minimum atomic E-state index is 0.575. The Morgan fingerprint density at radius 3 is 2.55 bits per heavy atom. The van der Waals surface area contributed by atoms with Gasteiger partial charge in [-0.1, -0.05) is 12.1 Å². The average Bonchev–Trinajstić information content (AvgIpc) is 2.46. The zero-order valence-corrected chi connectivity index (χ0v) is 12.1. The zero-order valence-electron chi connectivity index (χ0n) is 12.1. The number of hydrogen-bond acceptors (Lipinski definition) is 4. The third kappa shape index (κ3) is 2.43. The van der Waals surface area contributed by atoms with Crippen LogP contribution >= 0.6 is 0 Å². The fourth-order valence-corrected chi connectivity index (χ4v) is 2.14. The molecule has 4 heteroatoms. The lowest BCUT2D eigenvalue weighted by Crippen LogP contribution is -2.13. The van der Waals surface area contributed by atoms with E-state index in [2.05, 4.69) is 11.1 Å². The Morgan fingerprint density at radius 2 is 1.95 bits per heavy atom. The predicted molar refractivity (Wildman–Crippen MR) is 80.0 cm³/mol. The van der Waals surface area contributed by atoms with Crippen LogP contribution in [-0.2, 0) is 0 Å². The summed E-state index contributed by atoms with van der Waals surface area (Å²) in [7, 11) is 5.40. The minimum absolute atomic E-state index is 0.575. The Labute approximate surface area is 119 Å². The fraction of sp³-hybridized carbons (Fsp3) is 0.250. The molecule has 2 rings (SSSR count). The summed E-state index contributed by atoms with van der Waals surface area (Å²) >= 11 is 0. The van der Waals surface area contributed by atoms with Crippen molar-refractivity contribution in [3.05, 3.63) is 41.5 Å². The summed E-state index contributed by atoms with van der Waals surface area (Å²) in [5.74, 6) is 1.44. The lowest BCUT2D eigenvalue weighted by molar-refractivity contribution is 0.416. The number of pyridine rings is 1. The van der Waals surface area contributed by atoms with Crippen molar-refractivity contribution in [3.63, 3.8) is 0 Å². The van der Waals surface area contributed by atoms with Crippen molar-refractivity contribution in [3.8, 4) is 23.1 Å². The number of aromatic nitrogens is 1. The first-order valence-electron chi connectivity index (χ1n) is 6.31. The van der Waals surface area contributed by atoms with E-state index in [0.29, 0.717) is 11.4 Å². The van der Waals surface area contributed by atoms with E-state index in [9.17, 15) is 5.26 Å². The van der Waals surface area contributed by atoms with Gasteiger partial charge in [0, 0.05) is 19.7 Å². The smallest absolute Gasteiger partial charge is 0.146 e. The third-order valence-corrected chi connectivity index (χ3v) is 3.10. The molecule has 0 atom stereocenters. The number of nitriles is 1. The molecule has 0 spiro atoms. The summed E-state index contributed by atoms with van der Waals surface area (Å²) in [6, 6.07) is 11.8. The normalized spacial score (nSPS) is 9.95. The van der Waals surface area contributed by atoms with Crippen LogP contribution in [0.3, 0.4) is 0 Å². The molecule has 0 aliphatic rings. The van der Waals surface area contributed by atoms with E-state index in [1.54, 1.807) is 7.11 Å². The summed E-state index contributed by atoms with van der Waals surface area (Å²) in [5.41, 5.74) is 3.30. The van der Waals surface area contributed by atoms with E-state index in [1.807, 2.05) is 56.3 Å². The molecule has 1 heterocycles. The van der Waals surface area contributed by atoms with Crippen LogP contribution in [0, 0.1) is 18.3 Å². The van der Waals surface area contributed by atoms with Crippen LogP contribution in [0.4, 0.5) is 5.82 Å². The van der Waals surface area contributed by atoms with Gasteiger partial charge in [-0.15, -0.1) is 0 Å². The molecule has 0 amide bonds. The van der Waals surface area contributed by atoms with Crippen molar-refractivity contribution in [2.45, 2.75) is 6.92 Å². The van der Waals surface area contributed by atoms with Gasteiger partial charge in [0.1, 0.15) is 17.6 Å². The number of hydrogen-bond donors (Lipinski definition) is 0. The van der Waals surface area contributed by atoms with E-state index in [4.69, 9.17) is 4.74 Å². The quantitative estimate of drug-likeness (QED) is 0.857. The van der Waals surface area contributed by atoms with Gasteiger partial charge in [-0.2, -0.15) is 5.26 Å². The van der Waals surface area contributed by atoms with Gasteiger partial charge < -0.3 is 9.64 Å². The van der Waals surface area contributed by atoms with Gasteiger partial charge in [-0.25, -0.2) is 4.98 Å². The van der Waals surface area contributed by atoms with Crippen LogP contribution in [0.2, 0.25) is 0 Å². The Bertz CT molecular complexity index is 672. The summed E-state index contributed by atoms with van der Waals surface area (Å²) in [4.78, 5) is 6.49. The third-order valence-electron chi connectivity index (χ3n) is 3.10. The summed E-state index contributed by atoms with van der Waals surface area (Å²) in [5, 5.41) is 9.21. The number of nitrogens with zero attached hydrogens (tertiary/aromatic N) is 3. The first-order valence-corrected chi connectivity index (χ1v) is 6.31. The molecule has 1 aromatic carbocycles. The summed E-state index contributed by atoms with van der Waals surface area (Å²) < 4.78 is 5.39. The number of aryl methyl sites for hydroxylation is 1. The van der Waals surface area contributed by atoms with Gasteiger partial charge >= 0.3 is 0 Å². The molecular formula is C16H17N3O. The van der Waals surface area contributed by atoms with Crippen LogP contribution in [0.5, 0.6) is 5.75 Å². The van der Waals surface area contributed by atoms with Gasteiger partial charge in [0.05, 0.1) is 18.4 Å². The number of ether oxygens (including phenoxy) is 1. The minimum Gasteiger partial charge on any atom is -0.496 e. The van der Waals surface area contributed by atoms with Gasteiger partial charge in [-0.3, -0.25) is 0 Å². The Balaban J connectivity index is 2.69. The number of rotatable bonds is 3. The number of methoxy groups -OCH3 is 1. The van der Waals surface area contributed by atoms with Crippen LogP contribution in [0.25, 0.3) is 11.3 Å². The highest BCUT2D eigenvalue weighted by Gasteiger charge is 2.14. The predicted octanol–water partition coefficient (Wildman–Crippen LogP) is 3.00. The molecule has 20 heavy (non-hydrogen) atoms. The van der Waals surface area contributed by atoms with Crippen molar-refractivity contribution < 1.29 is 4.74 Å². The monoisotopic (exact) mass is 267 g/mol. The SMILES string of the molecule is COc1ccccc1-c1nc(N(C)C)c(C#N)cc1C. The number of para-hydroxylation sites is 1. The van der Waals surface area contributed by atoms with Gasteiger partial charge in [0.25, 0.3) is 0 Å². The average molecular weight is 267 g/mol. The lowest BCUT2D eigenvalue weighted by atomic mass is 10.0. The van der Waals surface area contributed by atoms with Crippen molar-refractivity contribution >= 4 is 5.82 Å². The van der Waals surface area contributed by atoms with Gasteiger partial charge in [0.2, 0.25) is 0 Å².